The summed E-state index contributed by atoms with van der Waals surface area (Å²) >= 11 is 0. The molecule has 0 aromatic heterocycles. The van der Waals surface area contributed by atoms with E-state index in [1.54, 1.807) is 0 Å². The van der Waals surface area contributed by atoms with Gasteiger partial charge in [0, 0.05) is 43.5 Å². The topological polar surface area (TPSA) is 44.4 Å². The molecule has 138 valence electrons. The van der Waals surface area contributed by atoms with Crippen LogP contribution in [0.3, 0.4) is 0 Å². The summed E-state index contributed by atoms with van der Waals surface area (Å²) in [5, 5.41) is 6.55. The van der Waals surface area contributed by atoms with Gasteiger partial charge in [-0.15, -0.1) is 0 Å². The maximum Gasteiger partial charge on any atom is 0.221 e. The molecule has 1 aliphatic heterocycles. The molecule has 4 heteroatoms. The average molecular weight is 344 g/mol. The summed E-state index contributed by atoms with van der Waals surface area (Å²) in [4.78, 5) is 14.5. The lowest BCUT2D eigenvalue weighted by molar-refractivity contribution is -0.121. The number of carbonyl (C=O) groups excluding carboxylic acids is 1. The second kappa shape index (κ2) is 9.12. The van der Waals surface area contributed by atoms with E-state index in [-0.39, 0.29) is 5.91 Å². The molecule has 3 rings (SSSR count). The number of benzene rings is 1. The van der Waals surface area contributed by atoms with Crippen LogP contribution in [0, 0.1) is 5.92 Å². The molecule has 0 radical (unpaired) electrons. The van der Waals surface area contributed by atoms with E-state index in [1.807, 2.05) is 0 Å². The molecule has 1 aliphatic carbocycles. The van der Waals surface area contributed by atoms with E-state index < -0.39 is 0 Å². The zero-order chi connectivity index (χ0) is 17.5. The molecule has 25 heavy (non-hydrogen) atoms. The number of anilines is 2. The Balaban J connectivity index is 1.37. The monoisotopic (exact) mass is 343 g/mol. The molecule has 1 amide bonds. The first kappa shape index (κ1) is 18.1. The van der Waals surface area contributed by atoms with Crippen LogP contribution in [0.1, 0.15) is 58.3 Å². The van der Waals surface area contributed by atoms with Gasteiger partial charge in [0.05, 0.1) is 0 Å². The maximum atomic E-state index is 12.0. The fourth-order valence-electron chi connectivity index (χ4n) is 3.92. The number of amides is 1. The van der Waals surface area contributed by atoms with Crippen LogP contribution < -0.4 is 15.5 Å². The van der Waals surface area contributed by atoms with Crippen molar-refractivity contribution in [3.8, 4) is 0 Å². The molecule has 0 spiro atoms. The van der Waals surface area contributed by atoms with E-state index in [9.17, 15) is 4.79 Å². The van der Waals surface area contributed by atoms with Gasteiger partial charge in [0.1, 0.15) is 0 Å². The third kappa shape index (κ3) is 5.65. The van der Waals surface area contributed by atoms with Crippen LogP contribution in [0.5, 0.6) is 0 Å². The first-order chi connectivity index (χ1) is 12.2. The summed E-state index contributed by atoms with van der Waals surface area (Å²) in [7, 11) is 0. The Morgan fingerprint density at radius 3 is 2.40 bits per heavy atom. The molecule has 1 aromatic carbocycles. The van der Waals surface area contributed by atoms with E-state index in [0.717, 1.165) is 37.5 Å². The Kier molecular flexibility index (Phi) is 6.60. The van der Waals surface area contributed by atoms with Crippen molar-refractivity contribution < 1.29 is 4.79 Å². The van der Waals surface area contributed by atoms with Crippen LogP contribution in [0.15, 0.2) is 24.3 Å². The molecule has 2 fully saturated rings. The Morgan fingerprint density at radius 2 is 1.72 bits per heavy atom. The van der Waals surface area contributed by atoms with Crippen LogP contribution in [-0.4, -0.2) is 31.6 Å². The molecule has 1 saturated carbocycles. The molecule has 0 bridgehead atoms. The van der Waals surface area contributed by atoms with Crippen LogP contribution in [0.25, 0.3) is 0 Å². The Labute approximate surface area is 152 Å². The van der Waals surface area contributed by atoms with E-state index in [1.165, 1.54) is 37.8 Å². The quantitative estimate of drug-likeness (QED) is 0.814. The summed E-state index contributed by atoms with van der Waals surface area (Å²) < 4.78 is 0. The number of hydrogen-bond donors (Lipinski definition) is 2. The lowest BCUT2D eigenvalue weighted by atomic mass is 9.95. The number of nitrogens with zero attached hydrogens (tertiary/aromatic N) is 1. The summed E-state index contributed by atoms with van der Waals surface area (Å²) in [5.41, 5.74) is 2.41. The van der Waals surface area contributed by atoms with Crippen LogP contribution >= 0.6 is 0 Å². The fraction of sp³-hybridized carbons (Fsp3) is 0.667. The van der Waals surface area contributed by atoms with Gasteiger partial charge in [-0.2, -0.15) is 0 Å². The van der Waals surface area contributed by atoms with Gasteiger partial charge in [0.15, 0.2) is 0 Å². The standard InChI is InChI=1S/C21H33N3O/c1-17-12-15-24(16-13-17)20-9-7-18(8-10-20)22-14-11-21(25)23-19-5-3-2-4-6-19/h7-10,17,19,22H,2-6,11-16H2,1H3,(H,23,25). The Morgan fingerprint density at radius 1 is 1.04 bits per heavy atom. The summed E-state index contributed by atoms with van der Waals surface area (Å²) in [6, 6.07) is 9.06. The van der Waals surface area contributed by atoms with Gasteiger partial charge < -0.3 is 15.5 Å². The van der Waals surface area contributed by atoms with Gasteiger partial charge in [0.25, 0.3) is 0 Å². The third-order valence-corrected chi connectivity index (χ3v) is 5.67. The molecule has 1 heterocycles. The normalized spacial score (nSPS) is 19.6. The van der Waals surface area contributed by atoms with Crippen molar-refractivity contribution in [3.05, 3.63) is 24.3 Å². The highest BCUT2D eigenvalue weighted by atomic mass is 16.1. The van der Waals surface area contributed by atoms with E-state index in [2.05, 4.69) is 46.7 Å². The van der Waals surface area contributed by atoms with Gasteiger partial charge in [-0.1, -0.05) is 26.2 Å². The number of hydrogen-bond acceptors (Lipinski definition) is 3. The lowest BCUT2D eigenvalue weighted by Crippen LogP contribution is -2.36. The predicted octanol–water partition coefficient (Wildman–Crippen LogP) is 4.17. The Bertz CT molecular complexity index is 529. The SMILES string of the molecule is CC1CCN(c2ccc(NCCC(=O)NC3CCCCC3)cc2)CC1. The van der Waals surface area contributed by atoms with Crippen molar-refractivity contribution in [3.63, 3.8) is 0 Å². The largest absolute Gasteiger partial charge is 0.385 e. The highest BCUT2D eigenvalue weighted by Crippen LogP contribution is 2.24. The molecule has 4 nitrogen and oxygen atoms in total. The number of carbonyl (C=O) groups is 1. The fourth-order valence-corrected chi connectivity index (χ4v) is 3.92. The van der Waals surface area contributed by atoms with Crippen molar-refractivity contribution in [2.24, 2.45) is 5.92 Å². The first-order valence-electron chi connectivity index (χ1n) is 10.1. The molecule has 2 aliphatic rings. The van der Waals surface area contributed by atoms with Crippen molar-refractivity contribution in [1.82, 2.24) is 5.32 Å². The minimum atomic E-state index is 0.179. The summed E-state index contributed by atoms with van der Waals surface area (Å²) in [6.45, 7) is 5.36. The van der Waals surface area contributed by atoms with E-state index >= 15 is 0 Å². The summed E-state index contributed by atoms with van der Waals surface area (Å²) in [6.07, 6.45) is 9.25. The third-order valence-electron chi connectivity index (χ3n) is 5.67. The summed E-state index contributed by atoms with van der Waals surface area (Å²) in [5.74, 6) is 1.04. The second-order valence-corrected chi connectivity index (χ2v) is 7.80. The molecule has 1 aromatic rings. The van der Waals surface area contributed by atoms with E-state index in [0.29, 0.717) is 19.0 Å². The molecular formula is C21H33N3O. The second-order valence-electron chi connectivity index (χ2n) is 7.80. The highest BCUT2D eigenvalue weighted by molar-refractivity contribution is 5.76. The van der Waals surface area contributed by atoms with Crippen LogP contribution in [-0.2, 0) is 4.79 Å². The molecular weight excluding hydrogens is 310 g/mol. The first-order valence-corrected chi connectivity index (χ1v) is 10.1. The van der Waals surface area contributed by atoms with Crippen molar-refractivity contribution in [2.75, 3.05) is 29.9 Å². The number of piperidine rings is 1. The van der Waals surface area contributed by atoms with Crippen LogP contribution in [0.2, 0.25) is 0 Å². The van der Waals surface area contributed by atoms with Crippen molar-refractivity contribution in [2.45, 2.75) is 64.3 Å². The molecule has 1 saturated heterocycles. The molecule has 0 atom stereocenters. The van der Waals surface area contributed by atoms with Crippen molar-refractivity contribution in [1.29, 1.82) is 0 Å². The molecule has 2 N–H and O–H groups in total. The minimum Gasteiger partial charge on any atom is -0.385 e. The number of nitrogens with one attached hydrogen (secondary N) is 2. The van der Waals surface area contributed by atoms with E-state index in [4.69, 9.17) is 0 Å². The maximum absolute atomic E-state index is 12.0. The van der Waals surface area contributed by atoms with Gasteiger partial charge in [-0.25, -0.2) is 0 Å². The lowest BCUT2D eigenvalue weighted by Gasteiger charge is -2.32. The highest BCUT2D eigenvalue weighted by Gasteiger charge is 2.16. The Hall–Kier alpha value is -1.71. The average Bonchev–Trinajstić information content (AvgIpc) is 2.64. The van der Waals surface area contributed by atoms with Crippen molar-refractivity contribution >= 4 is 17.3 Å². The zero-order valence-electron chi connectivity index (χ0n) is 15.6. The predicted molar refractivity (Wildman–Crippen MR) is 105 cm³/mol. The van der Waals surface area contributed by atoms with Gasteiger partial charge in [0.2, 0.25) is 5.91 Å². The van der Waals surface area contributed by atoms with Gasteiger partial charge in [-0.3, -0.25) is 4.79 Å². The van der Waals surface area contributed by atoms with Crippen LogP contribution in [0.4, 0.5) is 11.4 Å². The van der Waals surface area contributed by atoms with Gasteiger partial charge >= 0.3 is 0 Å². The van der Waals surface area contributed by atoms with Gasteiger partial charge in [-0.05, 0) is 55.9 Å². The molecule has 0 unspecified atom stereocenters. The number of rotatable bonds is 6. The minimum absolute atomic E-state index is 0.179. The zero-order valence-corrected chi connectivity index (χ0v) is 15.6. The smallest absolute Gasteiger partial charge is 0.221 e.